The summed E-state index contributed by atoms with van der Waals surface area (Å²) in [5, 5.41) is 29.0. The van der Waals surface area contributed by atoms with Crippen LogP contribution in [-0.2, 0) is 14.4 Å². The second-order valence-electron chi connectivity index (χ2n) is 3.67. The van der Waals surface area contributed by atoms with Gasteiger partial charge in [0.05, 0.1) is 0 Å². The molecule has 1 unspecified atom stereocenters. The molecule has 1 heterocycles. The number of carboxylic acid groups (broad SMARTS) is 2. The first kappa shape index (κ1) is 12.6. The van der Waals surface area contributed by atoms with Crippen LogP contribution in [0.25, 0.3) is 0 Å². The van der Waals surface area contributed by atoms with E-state index in [0.29, 0.717) is 0 Å². The number of nitrogens with one attached hydrogen (secondary N) is 1. The Balaban J connectivity index is 2.98. The van der Waals surface area contributed by atoms with Gasteiger partial charge in [-0.25, -0.2) is 0 Å². The van der Waals surface area contributed by atoms with Crippen molar-refractivity contribution in [2.45, 2.75) is 18.7 Å². The fourth-order valence-corrected chi connectivity index (χ4v) is 1.70. The number of ketones is 1. The predicted molar refractivity (Wildman–Crippen MR) is 49.3 cm³/mol. The molecule has 16 heavy (non-hydrogen) atoms. The molecule has 8 heteroatoms. The molecule has 1 fully saturated rings. The van der Waals surface area contributed by atoms with Crippen molar-refractivity contribution in [3.8, 4) is 0 Å². The first-order chi connectivity index (χ1) is 7.31. The monoisotopic (exact) mass is 232 g/mol. The van der Waals surface area contributed by atoms with E-state index in [-0.39, 0.29) is 6.54 Å². The Bertz CT molecular complexity index is 341. The van der Waals surface area contributed by atoms with Crippen LogP contribution >= 0.6 is 0 Å². The number of aliphatic carboxylic acids is 2. The highest BCUT2D eigenvalue weighted by Crippen LogP contribution is 2.31. The lowest BCUT2D eigenvalue weighted by atomic mass is 9.80. The molecule has 0 amide bonds. The maximum absolute atomic E-state index is 11.5. The summed E-state index contributed by atoms with van der Waals surface area (Å²) >= 11 is 0. The van der Waals surface area contributed by atoms with Gasteiger partial charge in [-0.2, -0.15) is 0 Å². The quantitative estimate of drug-likeness (QED) is 0.260. The molecular weight excluding hydrogens is 220 g/mol. The van der Waals surface area contributed by atoms with Gasteiger partial charge in [-0.1, -0.05) is 0 Å². The smallest absolute Gasteiger partial charge is 0.320 e. The minimum atomic E-state index is -1.96. The van der Waals surface area contributed by atoms with Crippen molar-refractivity contribution in [3.05, 3.63) is 0 Å². The lowest BCUT2D eigenvalue weighted by molar-refractivity contribution is -0.157. The number of rotatable bonds is 4. The molecule has 0 aromatic rings. The zero-order chi connectivity index (χ0) is 12.5. The Labute approximate surface area is 90.0 Å². The minimum Gasteiger partial charge on any atom is -0.480 e. The Morgan fingerprint density at radius 2 is 1.94 bits per heavy atom. The highest BCUT2D eigenvalue weighted by Gasteiger charge is 2.54. The van der Waals surface area contributed by atoms with Crippen LogP contribution in [0.15, 0.2) is 0 Å². The molecule has 0 spiro atoms. The SMILES string of the molecule is NC(O)C(=O)[C@@]1(C(=O)O)CN[C@H](C(=O)O)C1. The largest absolute Gasteiger partial charge is 0.480 e. The third kappa shape index (κ3) is 1.90. The van der Waals surface area contributed by atoms with Gasteiger partial charge in [-0.3, -0.25) is 20.1 Å². The molecular formula is C8H12N2O6. The zero-order valence-electron chi connectivity index (χ0n) is 8.21. The molecule has 90 valence electrons. The molecule has 1 aliphatic heterocycles. The maximum Gasteiger partial charge on any atom is 0.320 e. The Hall–Kier alpha value is -1.51. The second kappa shape index (κ2) is 4.16. The van der Waals surface area contributed by atoms with E-state index >= 15 is 0 Å². The Morgan fingerprint density at radius 3 is 2.25 bits per heavy atom. The molecule has 3 atom stereocenters. The number of aliphatic hydroxyl groups excluding tert-OH is 1. The molecule has 0 aliphatic carbocycles. The van der Waals surface area contributed by atoms with E-state index in [1.807, 2.05) is 0 Å². The van der Waals surface area contributed by atoms with E-state index < -0.39 is 41.8 Å². The first-order valence-corrected chi connectivity index (χ1v) is 4.49. The number of carbonyl (C=O) groups excluding carboxylic acids is 1. The Kier molecular flexibility index (Phi) is 3.27. The summed E-state index contributed by atoms with van der Waals surface area (Å²) in [5.74, 6) is -3.82. The number of aliphatic hydroxyl groups is 1. The summed E-state index contributed by atoms with van der Waals surface area (Å²) in [7, 11) is 0. The molecule has 1 rings (SSSR count). The van der Waals surface area contributed by atoms with E-state index in [2.05, 4.69) is 5.32 Å². The molecule has 0 bridgehead atoms. The molecule has 1 saturated heterocycles. The van der Waals surface area contributed by atoms with Crippen LogP contribution in [0, 0.1) is 5.41 Å². The Morgan fingerprint density at radius 1 is 1.38 bits per heavy atom. The molecule has 6 N–H and O–H groups in total. The zero-order valence-corrected chi connectivity index (χ0v) is 8.21. The third-order valence-corrected chi connectivity index (χ3v) is 2.65. The number of hydrogen-bond acceptors (Lipinski definition) is 6. The fourth-order valence-electron chi connectivity index (χ4n) is 1.70. The highest BCUT2D eigenvalue weighted by atomic mass is 16.4. The van der Waals surface area contributed by atoms with Gasteiger partial charge >= 0.3 is 11.9 Å². The van der Waals surface area contributed by atoms with E-state index in [1.165, 1.54) is 0 Å². The van der Waals surface area contributed by atoms with E-state index in [1.54, 1.807) is 0 Å². The van der Waals surface area contributed by atoms with Crippen LogP contribution in [0.4, 0.5) is 0 Å². The average Bonchev–Trinajstić information content (AvgIpc) is 2.62. The van der Waals surface area contributed by atoms with Gasteiger partial charge in [0.2, 0.25) is 0 Å². The van der Waals surface area contributed by atoms with Gasteiger partial charge < -0.3 is 20.6 Å². The van der Waals surface area contributed by atoms with E-state index in [9.17, 15) is 14.4 Å². The highest BCUT2D eigenvalue weighted by molar-refractivity contribution is 6.06. The van der Waals surface area contributed by atoms with Crippen molar-refractivity contribution in [3.63, 3.8) is 0 Å². The summed E-state index contributed by atoms with van der Waals surface area (Å²) in [4.78, 5) is 33.1. The number of carboxylic acids is 2. The van der Waals surface area contributed by atoms with Crippen LogP contribution in [0.1, 0.15) is 6.42 Å². The van der Waals surface area contributed by atoms with Gasteiger partial charge in [-0.05, 0) is 6.42 Å². The van der Waals surface area contributed by atoms with E-state index in [4.69, 9.17) is 21.1 Å². The van der Waals surface area contributed by atoms with Crippen LogP contribution in [0.5, 0.6) is 0 Å². The number of carbonyl (C=O) groups is 3. The van der Waals surface area contributed by atoms with Crippen molar-refractivity contribution < 1.29 is 29.7 Å². The van der Waals surface area contributed by atoms with E-state index in [0.717, 1.165) is 0 Å². The number of nitrogens with two attached hydrogens (primary N) is 1. The fraction of sp³-hybridized carbons (Fsp3) is 0.625. The molecule has 0 aromatic heterocycles. The van der Waals surface area contributed by atoms with Crippen molar-refractivity contribution in [1.82, 2.24) is 5.32 Å². The van der Waals surface area contributed by atoms with Crippen molar-refractivity contribution in [2.24, 2.45) is 11.1 Å². The summed E-state index contributed by atoms with van der Waals surface area (Å²) < 4.78 is 0. The molecule has 0 aromatic carbocycles. The lowest BCUT2D eigenvalue weighted by Crippen LogP contribution is -2.49. The maximum atomic E-state index is 11.5. The van der Waals surface area contributed by atoms with Crippen molar-refractivity contribution >= 4 is 17.7 Å². The average molecular weight is 232 g/mol. The number of Topliss-reactive ketones (excluding diaryl/α,β-unsaturated/α-hetero) is 1. The van der Waals surface area contributed by atoms with Crippen LogP contribution < -0.4 is 11.1 Å². The minimum absolute atomic E-state index is 0.355. The molecule has 0 saturated carbocycles. The molecule has 0 radical (unpaired) electrons. The van der Waals surface area contributed by atoms with Gasteiger partial charge in [0.1, 0.15) is 11.5 Å². The van der Waals surface area contributed by atoms with Gasteiger partial charge in [0.15, 0.2) is 12.0 Å². The topological polar surface area (TPSA) is 150 Å². The summed E-state index contributed by atoms with van der Waals surface area (Å²) in [6.07, 6.45) is -2.35. The van der Waals surface area contributed by atoms with Gasteiger partial charge in [-0.15, -0.1) is 0 Å². The molecule has 8 nitrogen and oxygen atoms in total. The van der Waals surface area contributed by atoms with Crippen LogP contribution in [-0.4, -0.2) is 51.9 Å². The number of hydrogen-bond donors (Lipinski definition) is 5. The predicted octanol–water partition coefficient (Wildman–Crippen LogP) is -2.65. The van der Waals surface area contributed by atoms with Crippen molar-refractivity contribution in [2.75, 3.05) is 6.54 Å². The third-order valence-electron chi connectivity index (χ3n) is 2.65. The summed E-state index contributed by atoms with van der Waals surface area (Å²) in [6, 6.07) is -1.13. The molecule has 1 aliphatic rings. The van der Waals surface area contributed by atoms with Crippen LogP contribution in [0.2, 0.25) is 0 Å². The van der Waals surface area contributed by atoms with Gasteiger partial charge in [0.25, 0.3) is 0 Å². The normalized spacial score (nSPS) is 31.0. The van der Waals surface area contributed by atoms with Crippen molar-refractivity contribution in [1.29, 1.82) is 0 Å². The standard InChI is InChI=1S/C8H12N2O6/c9-5(12)4(11)8(7(15)16)1-3(6(13)14)10-2-8/h3,5,10,12H,1-2,9H2,(H,13,14)(H,15,16)/t3-,5?,8-/m0/s1. The summed E-state index contributed by atoms with van der Waals surface area (Å²) in [6.45, 7) is -0.355. The first-order valence-electron chi connectivity index (χ1n) is 4.49. The van der Waals surface area contributed by atoms with Gasteiger partial charge in [0, 0.05) is 6.54 Å². The second-order valence-corrected chi connectivity index (χ2v) is 3.67. The summed E-state index contributed by atoms with van der Waals surface area (Å²) in [5.41, 5.74) is 2.97. The van der Waals surface area contributed by atoms with Crippen LogP contribution in [0.3, 0.4) is 0 Å². The lowest BCUT2D eigenvalue weighted by Gasteiger charge is -2.22.